The highest BCUT2D eigenvalue weighted by Gasteiger charge is 2.81. The van der Waals surface area contributed by atoms with E-state index in [1.54, 1.807) is 0 Å². The monoisotopic (exact) mass is 359 g/mol. The molecule has 3 heteroatoms. The first-order chi connectivity index (χ1) is 13.0. The molecule has 0 unspecified atom stereocenters. The highest BCUT2D eigenvalue weighted by atomic mass is 16.2. The van der Waals surface area contributed by atoms with Gasteiger partial charge in [0.25, 0.3) is 0 Å². The second kappa shape index (κ2) is 5.35. The van der Waals surface area contributed by atoms with E-state index in [2.05, 4.69) is 49.3 Å². The smallest absolute Gasteiger partial charge is 0.234 e. The maximum absolute atomic E-state index is 13.6. The number of carbonyl (C=O) groups is 2. The third-order valence-corrected chi connectivity index (χ3v) is 8.28. The molecule has 3 aliphatic carbocycles. The van der Waals surface area contributed by atoms with Crippen molar-refractivity contribution in [2.75, 3.05) is 6.54 Å². The van der Waals surface area contributed by atoms with Gasteiger partial charge >= 0.3 is 0 Å². The van der Waals surface area contributed by atoms with Gasteiger partial charge in [-0.3, -0.25) is 14.5 Å². The van der Waals surface area contributed by atoms with Crippen LogP contribution in [0.1, 0.15) is 44.6 Å². The molecule has 3 fully saturated rings. The van der Waals surface area contributed by atoms with Crippen LogP contribution in [0.2, 0.25) is 0 Å². The number of fused-ring (bicyclic) bond motifs is 2. The Labute approximate surface area is 160 Å². The lowest BCUT2D eigenvalue weighted by Gasteiger charge is -2.51. The van der Waals surface area contributed by atoms with E-state index in [9.17, 15) is 9.59 Å². The van der Waals surface area contributed by atoms with Gasteiger partial charge in [0.05, 0.1) is 11.8 Å². The van der Waals surface area contributed by atoms with Gasteiger partial charge in [-0.1, -0.05) is 62.2 Å². The zero-order valence-electron chi connectivity index (χ0n) is 15.8. The van der Waals surface area contributed by atoms with E-state index in [0.717, 1.165) is 25.7 Å². The average molecular weight is 359 g/mol. The first-order valence-corrected chi connectivity index (χ1v) is 10.1. The minimum absolute atomic E-state index is 0.00975. The van der Waals surface area contributed by atoms with Crippen molar-refractivity contribution >= 4 is 11.8 Å². The minimum atomic E-state index is -0.392. The van der Waals surface area contributed by atoms with Crippen LogP contribution in [0.15, 0.2) is 42.5 Å². The Balaban J connectivity index is 1.73. The fourth-order valence-electron chi connectivity index (χ4n) is 7.19. The lowest BCUT2D eigenvalue weighted by Crippen LogP contribution is -2.50. The van der Waals surface area contributed by atoms with E-state index in [1.807, 2.05) is 6.07 Å². The number of benzene rings is 1. The molecule has 0 N–H and O–H groups in total. The Morgan fingerprint density at radius 1 is 1.07 bits per heavy atom. The van der Waals surface area contributed by atoms with E-state index in [4.69, 9.17) is 6.42 Å². The van der Waals surface area contributed by atoms with E-state index in [0.29, 0.717) is 13.0 Å². The molecule has 2 saturated carbocycles. The van der Waals surface area contributed by atoms with Crippen LogP contribution in [0.5, 0.6) is 0 Å². The van der Waals surface area contributed by atoms with Gasteiger partial charge in [-0.25, -0.2) is 0 Å². The quantitative estimate of drug-likeness (QED) is 0.469. The topological polar surface area (TPSA) is 37.4 Å². The number of likely N-dealkylation sites (tertiary alicyclic amines) is 1. The van der Waals surface area contributed by atoms with Crippen LogP contribution >= 0.6 is 0 Å². The molecule has 2 amide bonds. The van der Waals surface area contributed by atoms with E-state index < -0.39 is 5.41 Å². The summed E-state index contributed by atoms with van der Waals surface area (Å²) >= 11 is 0. The van der Waals surface area contributed by atoms with Crippen LogP contribution in [0.25, 0.3) is 0 Å². The summed E-state index contributed by atoms with van der Waals surface area (Å²) in [6.07, 6.45) is 14.8. The van der Waals surface area contributed by atoms with E-state index in [1.165, 1.54) is 10.5 Å². The van der Waals surface area contributed by atoms with Crippen molar-refractivity contribution in [1.82, 2.24) is 4.90 Å². The summed E-state index contributed by atoms with van der Waals surface area (Å²) in [4.78, 5) is 28.5. The summed E-state index contributed by atoms with van der Waals surface area (Å²) in [7, 11) is 0. The summed E-state index contributed by atoms with van der Waals surface area (Å²) in [5.41, 5.74) is 0.499. The zero-order chi connectivity index (χ0) is 18.9. The SMILES string of the molecule is C#CCCN1C(=O)[C@@H]2[C@H](C1=O)[C@]13C=C[C@]2(c2ccccc2)[C@@]1(C)CCCC3. The van der Waals surface area contributed by atoms with Crippen molar-refractivity contribution in [3.8, 4) is 12.3 Å². The van der Waals surface area contributed by atoms with E-state index >= 15 is 0 Å². The van der Waals surface area contributed by atoms with Gasteiger partial charge in [-0.15, -0.1) is 12.3 Å². The zero-order valence-corrected chi connectivity index (χ0v) is 15.8. The van der Waals surface area contributed by atoms with Gasteiger partial charge in [0.1, 0.15) is 0 Å². The third-order valence-electron chi connectivity index (χ3n) is 8.28. The van der Waals surface area contributed by atoms with Crippen molar-refractivity contribution in [3.63, 3.8) is 0 Å². The third kappa shape index (κ3) is 1.66. The molecule has 4 aliphatic rings. The Hall–Kier alpha value is -2.34. The number of carbonyl (C=O) groups excluding carboxylic acids is 2. The first kappa shape index (κ1) is 16.8. The molecule has 0 radical (unpaired) electrons. The first-order valence-electron chi connectivity index (χ1n) is 10.1. The second-order valence-corrected chi connectivity index (χ2v) is 8.89. The molecule has 1 aromatic rings. The second-order valence-electron chi connectivity index (χ2n) is 8.89. The molecule has 2 bridgehead atoms. The fraction of sp³-hybridized carbons (Fsp3) is 0.500. The van der Waals surface area contributed by atoms with Crippen LogP contribution in [-0.2, 0) is 15.0 Å². The summed E-state index contributed by atoms with van der Waals surface area (Å²) in [5, 5.41) is 0. The van der Waals surface area contributed by atoms with Crippen molar-refractivity contribution < 1.29 is 9.59 Å². The van der Waals surface area contributed by atoms with Gasteiger partial charge in [0.2, 0.25) is 11.8 Å². The Morgan fingerprint density at radius 2 is 1.78 bits per heavy atom. The van der Waals surface area contributed by atoms with Gasteiger partial charge in [-0.2, -0.15) is 0 Å². The molecule has 27 heavy (non-hydrogen) atoms. The fourth-order valence-corrected chi connectivity index (χ4v) is 7.19. The predicted octanol–water partition coefficient (Wildman–Crippen LogP) is 3.70. The molecular weight excluding hydrogens is 334 g/mol. The highest BCUT2D eigenvalue weighted by Crippen LogP contribution is 2.79. The molecule has 138 valence electrons. The molecule has 1 aromatic carbocycles. The van der Waals surface area contributed by atoms with E-state index in [-0.39, 0.29) is 34.5 Å². The maximum atomic E-state index is 13.6. The average Bonchev–Trinajstić information content (AvgIpc) is 3.19. The number of rotatable bonds is 3. The van der Waals surface area contributed by atoms with Crippen molar-refractivity contribution in [3.05, 3.63) is 48.0 Å². The Bertz CT molecular complexity index is 897. The van der Waals surface area contributed by atoms with Crippen LogP contribution in [0.3, 0.4) is 0 Å². The summed E-state index contributed by atoms with van der Waals surface area (Å²) in [5.74, 6) is 2.05. The molecule has 5 atom stereocenters. The molecule has 1 heterocycles. The molecule has 3 nitrogen and oxygen atoms in total. The summed E-state index contributed by atoms with van der Waals surface area (Å²) < 4.78 is 0. The van der Waals surface area contributed by atoms with Gasteiger partial charge in [0.15, 0.2) is 0 Å². The molecule has 0 aromatic heterocycles. The molecule has 1 aliphatic heterocycles. The predicted molar refractivity (Wildman–Crippen MR) is 103 cm³/mol. The van der Waals surface area contributed by atoms with Crippen LogP contribution in [-0.4, -0.2) is 23.3 Å². The number of nitrogens with zero attached hydrogens (tertiary/aromatic N) is 1. The number of allylic oxidation sites excluding steroid dienone is 2. The van der Waals surface area contributed by atoms with Crippen molar-refractivity contribution in [2.45, 2.75) is 44.4 Å². The van der Waals surface area contributed by atoms with Gasteiger partial charge in [0, 0.05) is 23.8 Å². The maximum Gasteiger partial charge on any atom is 0.234 e. The van der Waals surface area contributed by atoms with Crippen LogP contribution in [0.4, 0.5) is 0 Å². The molecule has 0 spiro atoms. The molecular formula is C24H25NO2. The Morgan fingerprint density at radius 3 is 2.52 bits per heavy atom. The number of amides is 2. The minimum Gasteiger partial charge on any atom is -0.281 e. The standard InChI is InChI=1S/C24H25NO2/c1-3-4-16-25-20(26)18-19(21(25)27)24(17-10-6-5-7-11-17)15-14-23(18)13-9-8-12-22(23,24)2/h1,5-7,10-11,14-15,18-19H,4,8-9,12-13,16H2,2H3/t18-,19+,22+,23+,24-/m1/s1. The van der Waals surface area contributed by atoms with Gasteiger partial charge < -0.3 is 0 Å². The highest BCUT2D eigenvalue weighted by molar-refractivity contribution is 6.08. The number of hydrogen-bond donors (Lipinski definition) is 0. The number of terminal acetylenes is 1. The number of imide groups is 1. The number of hydrogen-bond acceptors (Lipinski definition) is 2. The molecule has 1 saturated heterocycles. The molecule has 5 rings (SSSR count). The van der Waals surface area contributed by atoms with Crippen molar-refractivity contribution in [1.29, 1.82) is 0 Å². The lowest BCUT2D eigenvalue weighted by atomic mass is 9.52. The van der Waals surface area contributed by atoms with Gasteiger partial charge in [-0.05, 0) is 23.8 Å². The lowest BCUT2D eigenvalue weighted by molar-refractivity contribution is -0.143. The summed E-state index contributed by atoms with van der Waals surface area (Å²) in [6, 6.07) is 10.4. The van der Waals surface area contributed by atoms with Crippen LogP contribution in [0, 0.1) is 35.0 Å². The normalized spacial score (nSPS) is 41.6. The Kier molecular flexibility index (Phi) is 3.33. The van der Waals surface area contributed by atoms with Crippen molar-refractivity contribution in [2.24, 2.45) is 22.7 Å². The van der Waals surface area contributed by atoms with Crippen LogP contribution < -0.4 is 0 Å². The summed E-state index contributed by atoms with van der Waals surface area (Å²) in [6.45, 7) is 2.68. The largest absolute Gasteiger partial charge is 0.281 e.